The van der Waals surface area contributed by atoms with Gasteiger partial charge in [-0.2, -0.15) is 0 Å². The molecule has 1 saturated heterocycles. The quantitative estimate of drug-likeness (QED) is 0.844. The summed E-state index contributed by atoms with van der Waals surface area (Å²) in [6, 6.07) is 5.07. The number of nitrogens with one attached hydrogen (secondary N) is 1. The van der Waals surface area contributed by atoms with Gasteiger partial charge < -0.3 is 5.32 Å². The first-order valence-electron chi connectivity index (χ1n) is 4.11. The molecule has 0 radical (unpaired) electrons. The van der Waals surface area contributed by atoms with E-state index in [0.29, 0.717) is 26.7 Å². The number of hydrogen-bond donors (Lipinski definition) is 1. The van der Waals surface area contributed by atoms with Crippen molar-refractivity contribution in [2.24, 2.45) is 4.99 Å². The van der Waals surface area contributed by atoms with Gasteiger partial charge in [0.05, 0.1) is 21.5 Å². The molecule has 1 aromatic carbocycles. The van der Waals surface area contributed by atoms with E-state index in [2.05, 4.69) is 10.3 Å². The summed E-state index contributed by atoms with van der Waals surface area (Å²) in [4.78, 5) is 15.1. The van der Waals surface area contributed by atoms with Gasteiger partial charge in [0.15, 0.2) is 5.17 Å². The number of benzene rings is 1. The average Bonchev–Trinajstić information content (AvgIpc) is 2.58. The topological polar surface area (TPSA) is 41.5 Å². The van der Waals surface area contributed by atoms with Crippen LogP contribution >= 0.6 is 35.0 Å². The Labute approximate surface area is 101 Å². The Balaban J connectivity index is 2.24. The second-order valence-electron chi connectivity index (χ2n) is 2.85. The van der Waals surface area contributed by atoms with Gasteiger partial charge in [0.2, 0.25) is 5.91 Å². The molecular weight excluding hydrogens is 255 g/mol. The highest BCUT2D eigenvalue weighted by Gasteiger charge is 2.16. The molecule has 1 heterocycles. The summed E-state index contributed by atoms with van der Waals surface area (Å²) in [6.45, 7) is 0. The maximum Gasteiger partial charge on any atom is 0.236 e. The number of carbonyl (C=O) groups is 1. The fraction of sp³-hybridized carbons (Fsp3) is 0.111. The number of amidine groups is 1. The van der Waals surface area contributed by atoms with Crippen molar-refractivity contribution in [1.82, 2.24) is 5.32 Å². The third kappa shape index (κ3) is 2.65. The Hall–Kier alpha value is -0.710. The van der Waals surface area contributed by atoms with Crippen molar-refractivity contribution in [2.75, 3.05) is 5.75 Å². The van der Waals surface area contributed by atoms with E-state index in [1.165, 1.54) is 11.8 Å². The van der Waals surface area contributed by atoms with Crippen LogP contribution in [0.5, 0.6) is 0 Å². The number of halogens is 2. The average molecular weight is 261 g/mol. The van der Waals surface area contributed by atoms with Crippen LogP contribution in [0, 0.1) is 0 Å². The van der Waals surface area contributed by atoms with Gasteiger partial charge in [0, 0.05) is 0 Å². The van der Waals surface area contributed by atoms with E-state index in [9.17, 15) is 4.79 Å². The summed E-state index contributed by atoms with van der Waals surface area (Å²) in [6.07, 6.45) is 0. The van der Waals surface area contributed by atoms with Gasteiger partial charge >= 0.3 is 0 Å². The molecule has 0 saturated carbocycles. The molecule has 0 aromatic heterocycles. The molecule has 0 spiro atoms. The lowest BCUT2D eigenvalue weighted by Gasteiger charge is -1.99. The molecule has 15 heavy (non-hydrogen) atoms. The molecule has 1 amide bonds. The Kier molecular flexibility index (Phi) is 3.19. The molecule has 0 aliphatic carbocycles. The van der Waals surface area contributed by atoms with Crippen molar-refractivity contribution in [3.05, 3.63) is 28.2 Å². The molecule has 1 fully saturated rings. The number of carbonyl (C=O) groups excluding carboxylic acids is 1. The van der Waals surface area contributed by atoms with Crippen molar-refractivity contribution in [1.29, 1.82) is 0 Å². The molecule has 0 atom stereocenters. The van der Waals surface area contributed by atoms with Crippen LogP contribution in [0.1, 0.15) is 0 Å². The summed E-state index contributed by atoms with van der Waals surface area (Å²) in [5.41, 5.74) is 0.675. The van der Waals surface area contributed by atoms with Crippen molar-refractivity contribution >= 4 is 51.7 Å². The van der Waals surface area contributed by atoms with Crippen LogP contribution < -0.4 is 5.32 Å². The first-order chi connectivity index (χ1) is 7.15. The van der Waals surface area contributed by atoms with Crippen LogP contribution in [0.2, 0.25) is 10.0 Å². The number of thioether (sulfide) groups is 1. The summed E-state index contributed by atoms with van der Waals surface area (Å²) in [7, 11) is 0. The fourth-order valence-electron chi connectivity index (χ4n) is 1.06. The number of amides is 1. The lowest BCUT2D eigenvalue weighted by atomic mass is 10.3. The summed E-state index contributed by atoms with van der Waals surface area (Å²) >= 11 is 13.0. The third-order valence-electron chi connectivity index (χ3n) is 1.72. The smallest absolute Gasteiger partial charge is 0.236 e. The maximum absolute atomic E-state index is 10.9. The van der Waals surface area contributed by atoms with Crippen molar-refractivity contribution < 1.29 is 4.79 Å². The first-order valence-corrected chi connectivity index (χ1v) is 5.86. The Morgan fingerprint density at radius 1 is 1.33 bits per heavy atom. The van der Waals surface area contributed by atoms with E-state index in [1.807, 2.05) is 0 Å². The highest BCUT2D eigenvalue weighted by molar-refractivity contribution is 8.15. The van der Waals surface area contributed by atoms with E-state index < -0.39 is 0 Å². The minimum absolute atomic E-state index is 0.0289. The predicted molar refractivity (Wildman–Crippen MR) is 64.2 cm³/mol. The van der Waals surface area contributed by atoms with Crippen LogP contribution in [-0.2, 0) is 4.79 Å². The molecule has 6 heteroatoms. The van der Waals surface area contributed by atoms with Gasteiger partial charge in [-0.3, -0.25) is 4.79 Å². The molecule has 1 aliphatic rings. The van der Waals surface area contributed by atoms with Crippen molar-refractivity contribution in [3.8, 4) is 0 Å². The molecular formula is C9H6Cl2N2OS. The lowest BCUT2D eigenvalue weighted by Crippen LogP contribution is -2.19. The molecule has 2 rings (SSSR count). The molecule has 1 aliphatic heterocycles. The van der Waals surface area contributed by atoms with E-state index in [0.717, 1.165) is 0 Å². The van der Waals surface area contributed by atoms with Gasteiger partial charge in [-0.25, -0.2) is 4.99 Å². The van der Waals surface area contributed by atoms with Gasteiger partial charge in [-0.1, -0.05) is 35.0 Å². The second-order valence-corrected chi connectivity index (χ2v) is 4.63. The van der Waals surface area contributed by atoms with E-state index in [-0.39, 0.29) is 5.91 Å². The number of rotatable bonds is 1. The molecule has 3 nitrogen and oxygen atoms in total. The zero-order valence-electron chi connectivity index (χ0n) is 7.46. The zero-order valence-corrected chi connectivity index (χ0v) is 9.79. The molecule has 1 N–H and O–H groups in total. The molecule has 1 aromatic rings. The highest BCUT2D eigenvalue weighted by Crippen LogP contribution is 2.27. The largest absolute Gasteiger partial charge is 0.304 e. The van der Waals surface area contributed by atoms with Crippen LogP contribution in [0.3, 0.4) is 0 Å². The lowest BCUT2D eigenvalue weighted by molar-refractivity contribution is -0.116. The minimum atomic E-state index is -0.0289. The van der Waals surface area contributed by atoms with Gasteiger partial charge in [0.1, 0.15) is 0 Å². The van der Waals surface area contributed by atoms with Crippen LogP contribution in [0.4, 0.5) is 5.69 Å². The van der Waals surface area contributed by atoms with Crippen molar-refractivity contribution in [3.63, 3.8) is 0 Å². The maximum atomic E-state index is 10.9. The van der Waals surface area contributed by atoms with E-state index in [4.69, 9.17) is 23.2 Å². The van der Waals surface area contributed by atoms with Gasteiger partial charge in [-0.15, -0.1) is 0 Å². The summed E-state index contributed by atoms with van der Waals surface area (Å²) in [5, 5.41) is 4.17. The molecule has 0 unspecified atom stereocenters. The first kappa shape index (κ1) is 10.8. The van der Waals surface area contributed by atoms with Crippen LogP contribution in [0.25, 0.3) is 0 Å². The molecule has 78 valence electrons. The Morgan fingerprint density at radius 2 is 2.13 bits per heavy atom. The van der Waals surface area contributed by atoms with E-state index in [1.54, 1.807) is 18.2 Å². The highest BCUT2D eigenvalue weighted by atomic mass is 35.5. The van der Waals surface area contributed by atoms with E-state index >= 15 is 0 Å². The fourth-order valence-corrected chi connectivity index (χ4v) is 2.05. The summed E-state index contributed by atoms with van der Waals surface area (Å²) in [5.74, 6) is 0.388. The third-order valence-corrected chi connectivity index (χ3v) is 3.33. The number of aliphatic imine (C=N–C) groups is 1. The second kappa shape index (κ2) is 4.43. The molecule has 0 bridgehead atoms. The monoisotopic (exact) mass is 260 g/mol. The number of nitrogens with zero attached hydrogens (tertiary/aromatic N) is 1. The van der Waals surface area contributed by atoms with Crippen LogP contribution in [0.15, 0.2) is 23.2 Å². The zero-order chi connectivity index (χ0) is 10.8. The van der Waals surface area contributed by atoms with Crippen molar-refractivity contribution in [2.45, 2.75) is 0 Å². The van der Waals surface area contributed by atoms with Crippen LogP contribution in [-0.4, -0.2) is 16.8 Å². The Morgan fingerprint density at radius 3 is 2.73 bits per heavy atom. The normalized spacial score (nSPS) is 18.3. The standard InChI is InChI=1S/C9H6Cl2N2OS/c10-6-2-1-5(3-7(6)11)12-9-13-8(14)4-15-9/h1-3H,4H2,(H,12,13,14). The SMILES string of the molecule is O=C1CSC(=Nc2ccc(Cl)c(Cl)c2)N1. The Bertz CT molecular complexity index is 448. The summed E-state index contributed by atoms with van der Waals surface area (Å²) < 4.78 is 0. The number of hydrogen-bond acceptors (Lipinski definition) is 3. The predicted octanol–water partition coefficient (Wildman–Crippen LogP) is 2.84. The van der Waals surface area contributed by atoms with Gasteiger partial charge in [-0.05, 0) is 18.2 Å². The van der Waals surface area contributed by atoms with Gasteiger partial charge in [0.25, 0.3) is 0 Å². The minimum Gasteiger partial charge on any atom is -0.304 e.